The Kier molecular flexibility index (Phi) is 3.94. The lowest BCUT2D eigenvalue weighted by atomic mass is 9.79. The van der Waals surface area contributed by atoms with Gasteiger partial charge in [0.25, 0.3) is 0 Å². The van der Waals surface area contributed by atoms with Crippen LogP contribution in [0.3, 0.4) is 0 Å². The molecule has 0 radical (unpaired) electrons. The van der Waals surface area contributed by atoms with E-state index in [0.717, 1.165) is 49.4 Å². The predicted molar refractivity (Wildman–Crippen MR) is 228 cm³/mol. The first-order valence-electron chi connectivity index (χ1n) is 27.4. The summed E-state index contributed by atoms with van der Waals surface area (Å²) in [5, 5.41) is 1.13. The van der Waals surface area contributed by atoms with Crippen molar-refractivity contribution in [1.82, 2.24) is 0 Å². The van der Waals surface area contributed by atoms with Crippen LogP contribution in [0, 0.1) is 0 Å². The van der Waals surface area contributed by atoms with E-state index in [0.29, 0.717) is 10.8 Å². The van der Waals surface area contributed by atoms with E-state index < -0.39 is 154 Å². The van der Waals surface area contributed by atoms with Crippen molar-refractivity contribution in [2.75, 3.05) is 9.80 Å². The minimum Gasteiger partial charge on any atom is -0.310 e. The highest BCUT2D eigenvalue weighted by Gasteiger charge is 2.43. The third kappa shape index (κ3) is 4.80. The Balaban J connectivity index is 1.21. The summed E-state index contributed by atoms with van der Waals surface area (Å²) in [6, 6.07) is 4.98. The van der Waals surface area contributed by atoms with Gasteiger partial charge in [0.15, 0.2) is 0 Å². The molecule has 0 fully saturated rings. The van der Waals surface area contributed by atoms with Crippen LogP contribution in [-0.4, -0.2) is 0 Å². The first-order valence-corrected chi connectivity index (χ1v) is 17.4. The number of nitrogens with zero attached hydrogens (tertiary/aromatic N) is 2. The van der Waals surface area contributed by atoms with Crippen molar-refractivity contribution >= 4 is 44.9 Å². The van der Waals surface area contributed by atoms with Crippen LogP contribution in [0.1, 0.15) is 77.4 Å². The normalized spacial score (nSPS) is 19.4. The largest absolute Gasteiger partial charge is 0.310 e. The second-order valence-corrected chi connectivity index (χ2v) is 14.4. The van der Waals surface area contributed by atoms with E-state index in [1.165, 1.54) is 4.90 Å². The highest BCUT2D eigenvalue weighted by molar-refractivity contribution is 6.10. The quantitative estimate of drug-likeness (QED) is 0.169. The van der Waals surface area contributed by atoms with Crippen LogP contribution in [0.25, 0.3) is 33.0 Å². The van der Waals surface area contributed by atoms with Gasteiger partial charge in [0.05, 0.1) is 33.1 Å². The van der Waals surface area contributed by atoms with Crippen molar-refractivity contribution in [2.24, 2.45) is 0 Å². The third-order valence-corrected chi connectivity index (χ3v) is 10.8. The smallest absolute Gasteiger partial charge is 0.0645 e. The zero-order valence-electron chi connectivity index (χ0n) is 49.7. The molecule has 0 aromatic heterocycles. The molecule has 0 heterocycles. The molecule has 0 spiro atoms. The zero-order valence-corrected chi connectivity index (χ0v) is 29.7. The average Bonchev–Trinajstić information content (AvgIpc) is 3.74. The molecular formula is C52H42N2. The van der Waals surface area contributed by atoms with Gasteiger partial charge in [-0.15, -0.1) is 0 Å². The van der Waals surface area contributed by atoms with Crippen LogP contribution >= 0.6 is 0 Å². The molecule has 2 aliphatic rings. The van der Waals surface area contributed by atoms with E-state index in [1.54, 1.807) is 36.4 Å². The summed E-state index contributed by atoms with van der Waals surface area (Å²) in [5.41, 5.74) is 3.47. The Hall–Kier alpha value is -6.38. The van der Waals surface area contributed by atoms with Gasteiger partial charge in [-0.3, -0.25) is 0 Å². The Labute approximate surface area is 346 Å². The fourth-order valence-electron chi connectivity index (χ4n) is 8.24. The van der Waals surface area contributed by atoms with Crippen molar-refractivity contribution in [2.45, 2.75) is 38.5 Å². The van der Waals surface area contributed by atoms with Gasteiger partial charge in [0.1, 0.15) is 0 Å². The number of rotatable bonds is 6. The minimum absolute atomic E-state index is 0.168. The van der Waals surface area contributed by atoms with Gasteiger partial charge in [-0.2, -0.15) is 0 Å². The van der Waals surface area contributed by atoms with Gasteiger partial charge in [0, 0.05) is 44.7 Å². The van der Waals surface area contributed by atoms with Crippen LogP contribution in [0.5, 0.6) is 0 Å². The van der Waals surface area contributed by atoms with E-state index in [2.05, 4.69) is 12.1 Å². The fraction of sp³-hybridized carbons (Fsp3) is 0.115. The summed E-state index contributed by atoms with van der Waals surface area (Å²) < 4.78 is 175. The van der Waals surface area contributed by atoms with Crippen LogP contribution < -0.4 is 9.80 Å². The number of hydrogen-bond donors (Lipinski definition) is 0. The third-order valence-electron chi connectivity index (χ3n) is 10.8. The summed E-state index contributed by atoms with van der Waals surface area (Å²) in [4.78, 5) is 2.33. The Morgan fingerprint density at radius 2 is 0.833 bits per heavy atom. The number of fused-ring (bicyclic) bond motifs is 8. The van der Waals surface area contributed by atoms with Crippen LogP contribution in [0.15, 0.2) is 182 Å². The van der Waals surface area contributed by atoms with Crippen LogP contribution in [0.2, 0.25) is 0 Å². The van der Waals surface area contributed by atoms with Gasteiger partial charge in [-0.1, -0.05) is 131 Å². The monoisotopic (exact) mass is 714 g/mol. The SMILES string of the molecule is [2H]c1c([2H])c([2H])c(N(c2ccc3c(c2)C(C)(C)c2cc4c(cc2-3)C(C)(C)c2cc(N(c3c([2H])c([2H])c([2H])c([2H])c3[2H])c3c([2H])c([2H])c([2H])c([2H])c3[2H])c3ccccc3c2-4)c2c([2H])c([2H])c([2H])c([2H])c2[2H])c([2H])c1[2H]. The molecule has 2 aliphatic carbocycles. The number of hydrogen-bond acceptors (Lipinski definition) is 2. The molecule has 0 bridgehead atoms. The Morgan fingerprint density at radius 3 is 1.39 bits per heavy atom. The van der Waals surface area contributed by atoms with E-state index >= 15 is 0 Å². The molecule has 0 aliphatic heterocycles. The summed E-state index contributed by atoms with van der Waals surface area (Å²) >= 11 is 0. The average molecular weight is 715 g/mol. The molecule has 2 nitrogen and oxygen atoms in total. The first-order chi connectivity index (χ1) is 34.6. The molecule has 260 valence electrons. The summed E-state index contributed by atoms with van der Waals surface area (Å²) in [7, 11) is 0. The standard InChI is InChI=1S/C52H42N2/c1-51(2)45-31-39(53(35-19-9-5-10-20-35)36-21-11-6-12-22-36)29-30-40(45)43-32-47-44(33-46(43)51)50-42-28-18-17-27-41(42)49(34-48(50)52(47,3)4)54(37-23-13-7-14-24-37)38-25-15-8-16-26-38/h5-34H,1-4H3/i5D,6D,7D,8D,9D,10D,11D,12D,13D,14D,15D,16D,19D,20D,21D,22D,23D,24D,25D,26D. The molecule has 8 aromatic rings. The van der Waals surface area contributed by atoms with E-state index in [9.17, 15) is 0 Å². The van der Waals surface area contributed by atoms with Gasteiger partial charge in [-0.25, -0.2) is 0 Å². The fourth-order valence-corrected chi connectivity index (χ4v) is 8.24. The maximum Gasteiger partial charge on any atom is 0.0645 e. The van der Waals surface area contributed by atoms with Crippen molar-refractivity contribution in [3.05, 3.63) is 204 Å². The highest BCUT2D eigenvalue weighted by Crippen LogP contribution is 2.59. The lowest BCUT2D eigenvalue weighted by Crippen LogP contribution is -2.18. The molecule has 0 unspecified atom stereocenters. The molecule has 0 amide bonds. The zero-order chi connectivity index (χ0) is 54.0. The topological polar surface area (TPSA) is 6.48 Å². The molecule has 0 saturated heterocycles. The van der Waals surface area contributed by atoms with E-state index in [-0.39, 0.29) is 11.4 Å². The molecule has 2 heteroatoms. The van der Waals surface area contributed by atoms with Gasteiger partial charge in [0.2, 0.25) is 0 Å². The van der Waals surface area contributed by atoms with Crippen molar-refractivity contribution < 1.29 is 27.4 Å². The molecule has 8 aromatic carbocycles. The maximum atomic E-state index is 9.13. The molecular weight excluding hydrogens is 653 g/mol. The highest BCUT2D eigenvalue weighted by atomic mass is 15.1. The molecule has 0 N–H and O–H groups in total. The van der Waals surface area contributed by atoms with Gasteiger partial charge >= 0.3 is 0 Å². The summed E-state index contributed by atoms with van der Waals surface area (Å²) in [6.07, 6.45) is 0. The summed E-state index contributed by atoms with van der Waals surface area (Å²) in [6.45, 7) is 8.00. The molecule has 0 atom stereocenters. The van der Waals surface area contributed by atoms with Crippen molar-refractivity contribution in [3.8, 4) is 22.3 Å². The first kappa shape index (κ1) is 17.6. The number of benzene rings is 8. The van der Waals surface area contributed by atoms with Gasteiger partial charge < -0.3 is 9.80 Å². The Morgan fingerprint density at radius 1 is 0.389 bits per heavy atom. The summed E-state index contributed by atoms with van der Waals surface area (Å²) in [5.74, 6) is 0. The minimum atomic E-state index is -0.852. The predicted octanol–water partition coefficient (Wildman–Crippen LogP) is 14.4. The van der Waals surface area contributed by atoms with Crippen molar-refractivity contribution in [3.63, 3.8) is 0 Å². The lowest BCUT2D eigenvalue weighted by Gasteiger charge is -2.29. The molecule has 0 saturated carbocycles. The van der Waals surface area contributed by atoms with E-state index in [1.807, 2.05) is 39.8 Å². The van der Waals surface area contributed by atoms with Crippen LogP contribution in [-0.2, 0) is 10.8 Å². The second-order valence-electron chi connectivity index (χ2n) is 14.4. The maximum absolute atomic E-state index is 9.13. The number of anilines is 6. The lowest BCUT2D eigenvalue weighted by molar-refractivity contribution is 0.652. The molecule has 10 rings (SSSR count). The van der Waals surface area contributed by atoms with Gasteiger partial charge in [-0.05, 0) is 129 Å². The van der Waals surface area contributed by atoms with Crippen molar-refractivity contribution in [1.29, 1.82) is 0 Å². The van der Waals surface area contributed by atoms with E-state index in [4.69, 9.17) is 27.4 Å². The number of para-hydroxylation sites is 4. The second kappa shape index (κ2) is 12.1. The molecule has 54 heavy (non-hydrogen) atoms. The van der Waals surface area contributed by atoms with Crippen LogP contribution in [0.4, 0.5) is 34.1 Å². The Bertz CT molecular complexity index is 3630.